The normalized spacial score (nSPS) is 13.3. The Bertz CT molecular complexity index is 1890. The number of pyridine rings is 2. The standard InChI is InChI=1S/C32H28F2N6O3/c33-27-7-6-21(14-28(27)34)19-40-10-2-5-24(32(40)43)30(41)38-16-20-3-1-4-22(13-20)26-18-37-29-25(26)15-23(17-36-29)31(42)39-11-8-35-9-12-39/h1-7,10,13-15,17-18,35H,8-9,11-12,16,19H2,(H,36,37)(H,38,41). The summed E-state index contributed by atoms with van der Waals surface area (Å²) in [5.41, 5.74) is 3.52. The van der Waals surface area contributed by atoms with E-state index < -0.39 is 23.1 Å². The molecule has 4 heterocycles. The lowest BCUT2D eigenvalue weighted by Crippen LogP contribution is -2.46. The number of aromatic nitrogens is 3. The first-order chi connectivity index (χ1) is 20.9. The predicted octanol–water partition coefficient (Wildman–Crippen LogP) is 3.69. The van der Waals surface area contributed by atoms with E-state index in [1.54, 1.807) is 12.3 Å². The SMILES string of the molecule is O=C(NCc1cccc(-c2c[nH]c3ncc(C(=O)N4CCNCC4)cc23)c1)c1cccn(Cc2ccc(F)c(F)c2)c1=O. The van der Waals surface area contributed by atoms with Crippen LogP contribution in [0.15, 0.2) is 84.0 Å². The van der Waals surface area contributed by atoms with Gasteiger partial charge >= 0.3 is 0 Å². The molecule has 0 aliphatic carbocycles. The van der Waals surface area contributed by atoms with Crippen LogP contribution in [0.3, 0.4) is 0 Å². The highest BCUT2D eigenvalue weighted by Gasteiger charge is 2.20. The summed E-state index contributed by atoms with van der Waals surface area (Å²) in [5, 5.41) is 6.86. The molecular weight excluding hydrogens is 554 g/mol. The topological polar surface area (TPSA) is 112 Å². The molecule has 2 amide bonds. The number of benzene rings is 2. The Hall–Kier alpha value is -5.16. The van der Waals surface area contributed by atoms with Crippen LogP contribution in [0.2, 0.25) is 0 Å². The molecule has 6 rings (SSSR count). The van der Waals surface area contributed by atoms with E-state index in [-0.39, 0.29) is 24.6 Å². The number of carbonyl (C=O) groups excluding carboxylic acids is 2. The lowest BCUT2D eigenvalue weighted by molar-refractivity contribution is 0.0735. The average molecular weight is 583 g/mol. The molecule has 2 aromatic carbocycles. The van der Waals surface area contributed by atoms with Gasteiger partial charge in [0.25, 0.3) is 17.4 Å². The molecule has 0 atom stereocenters. The van der Waals surface area contributed by atoms with Gasteiger partial charge in [0.1, 0.15) is 11.2 Å². The van der Waals surface area contributed by atoms with E-state index in [0.717, 1.165) is 47.3 Å². The number of halogens is 2. The van der Waals surface area contributed by atoms with Gasteiger partial charge in [-0.25, -0.2) is 13.8 Å². The summed E-state index contributed by atoms with van der Waals surface area (Å²) in [4.78, 5) is 48.5. The van der Waals surface area contributed by atoms with Crippen molar-refractivity contribution < 1.29 is 18.4 Å². The highest BCUT2D eigenvalue weighted by molar-refractivity contribution is 6.01. The number of piperazine rings is 1. The molecule has 3 aromatic heterocycles. The zero-order valence-corrected chi connectivity index (χ0v) is 23.1. The maximum atomic E-state index is 13.6. The first kappa shape index (κ1) is 28.0. The van der Waals surface area contributed by atoms with Gasteiger partial charge in [0.15, 0.2) is 11.6 Å². The Morgan fingerprint density at radius 2 is 1.79 bits per heavy atom. The highest BCUT2D eigenvalue weighted by atomic mass is 19.2. The number of nitrogens with zero attached hydrogens (tertiary/aromatic N) is 3. The third kappa shape index (κ3) is 5.93. The molecule has 1 saturated heterocycles. The van der Waals surface area contributed by atoms with Gasteiger partial charge in [0.2, 0.25) is 0 Å². The summed E-state index contributed by atoms with van der Waals surface area (Å²) in [5.74, 6) is -2.58. The maximum absolute atomic E-state index is 13.6. The largest absolute Gasteiger partial charge is 0.348 e. The fourth-order valence-electron chi connectivity index (χ4n) is 5.20. The molecular formula is C32H28F2N6O3. The van der Waals surface area contributed by atoms with Gasteiger partial charge in [-0.15, -0.1) is 0 Å². The second-order valence-electron chi connectivity index (χ2n) is 10.4. The first-order valence-electron chi connectivity index (χ1n) is 13.9. The van der Waals surface area contributed by atoms with E-state index in [4.69, 9.17) is 0 Å². The van der Waals surface area contributed by atoms with Gasteiger partial charge in [-0.3, -0.25) is 14.4 Å². The van der Waals surface area contributed by atoms with Crippen molar-refractivity contribution in [3.05, 3.63) is 123 Å². The number of aromatic amines is 1. The van der Waals surface area contributed by atoms with E-state index in [1.807, 2.05) is 41.4 Å². The van der Waals surface area contributed by atoms with Gasteiger partial charge in [-0.05, 0) is 53.1 Å². The van der Waals surface area contributed by atoms with Crippen LogP contribution in [0.25, 0.3) is 22.2 Å². The third-order valence-electron chi connectivity index (χ3n) is 7.48. The molecule has 0 spiro atoms. The van der Waals surface area contributed by atoms with Crippen LogP contribution in [-0.2, 0) is 13.1 Å². The Balaban J connectivity index is 1.18. The summed E-state index contributed by atoms with van der Waals surface area (Å²) in [6.45, 7) is 2.97. The molecule has 3 N–H and O–H groups in total. The molecule has 1 aliphatic heterocycles. The average Bonchev–Trinajstić information content (AvgIpc) is 3.46. The number of hydrogen-bond donors (Lipinski definition) is 3. The second-order valence-corrected chi connectivity index (χ2v) is 10.4. The maximum Gasteiger partial charge on any atom is 0.263 e. The lowest BCUT2D eigenvalue weighted by atomic mass is 10.0. The van der Waals surface area contributed by atoms with Gasteiger partial charge in [0, 0.05) is 62.3 Å². The van der Waals surface area contributed by atoms with Crippen molar-refractivity contribution in [3.63, 3.8) is 0 Å². The molecule has 0 bridgehead atoms. The molecule has 1 fully saturated rings. The minimum atomic E-state index is -1.00. The number of fused-ring (bicyclic) bond motifs is 1. The summed E-state index contributed by atoms with van der Waals surface area (Å²) in [7, 11) is 0. The number of amides is 2. The Kier molecular flexibility index (Phi) is 7.80. The molecule has 1 aliphatic rings. The molecule has 43 heavy (non-hydrogen) atoms. The Morgan fingerprint density at radius 3 is 2.60 bits per heavy atom. The summed E-state index contributed by atoms with van der Waals surface area (Å²) >= 11 is 0. The molecule has 0 radical (unpaired) electrons. The summed E-state index contributed by atoms with van der Waals surface area (Å²) < 4.78 is 28.2. The van der Waals surface area contributed by atoms with Crippen LogP contribution < -0.4 is 16.2 Å². The number of hydrogen-bond acceptors (Lipinski definition) is 5. The van der Waals surface area contributed by atoms with Crippen molar-refractivity contribution in [2.75, 3.05) is 26.2 Å². The van der Waals surface area contributed by atoms with Crippen LogP contribution >= 0.6 is 0 Å². The van der Waals surface area contributed by atoms with Gasteiger partial charge < -0.3 is 25.1 Å². The molecule has 0 saturated carbocycles. The molecule has 0 unspecified atom stereocenters. The zero-order chi connectivity index (χ0) is 29.9. The van der Waals surface area contributed by atoms with E-state index in [0.29, 0.717) is 29.9 Å². The van der Waals surface area contributed by atoms with E-state index >= 15 is 0 Å². The van der Waals surface area contributed by atoms with Crippen LogP contribution in [0.5, 0.6) is 0 Å². The summed E-state index contributed by atoms with van der Waals surface area (Å²) in [6.07, 6.45) is 4.92. The van der Waals surface area contributed by atoms with E-state index in [1.165, 1.54) is 22.9 Å². The van der Waals surface area contributed by atoms with Crippen molar-refractivity contribution in [2.45, 2.75) is 13.1 Å². The monoisotopic (exact) mass is 582 g/mol. The summed E-state index contributed by atoms with van der Waals surface area (Å²) in [6, 6.07) is 15.9. The van der Waals surface area contributed by atoms with Crippen molar-refractivity contribution in [3.8, 4) is 11.1 Å². The molecule has 218 valence electrons. The number of H-pyrrole nitrogens is 1. The van der Waals surface area contributed by atoms with Gasteiger partial charge in [-0.2, -0.15) is 0 Å². The quantitative estimate of drug-likeness (QED) is 0.271. The molecule has 9 nitrogen and oxygen atoms in total. The number of rotatable bonds is 7. The third-order valence-corrected chi connectivity index (χ3v) is 7.48. The van der Waals surface area contributed by atoms with Crippen LogP contribution in [-0.4, -0.2) is 57.4 Å². The minimum Gasteiger partial charge on any atom is -0.348 e. The highest BCUT2D eigenvalue weighted by Crippen LogP contribution is 2.29. The lowest BCUT2D eigenvalue weighted by Gasteiger charge is -2.27. The predicted molar refractivity (Wildman–Crippen MR) is 158 cm³/mol. The van der Waals surface area contributed by atoms with Crippen LogP contribution in [0, 0.1) is 11.6 Å². The van der Waals surface area contributed by atoms with Crippen molar-refractivity contribution >= 4 is 22.8 Å². The van der Waals surface area contributed by atoms with Crippen molar-refractivity contribution in [2.24, 2.45) is 0 Å². The number of nitrogens with one attached hydrogen (secondary N) is 3. The van der Waals surface area contributed by atoms with Crippen LogP contribution in [0.4, 0.5) is 8.78 Å². The van der Waals surface area contributed by atoms with Crippen molar-refractivity contribution in [1.82, 2.24) is 30.1 Å². The van der Waals surface area contributed by atoms with Crippen molar-refractivity contribution in [1.29, 1.82) is 0 Å². The van der Waals surface area contributed by atoms with Gasteiger partial charge in [0.05, 0.1) is 12.1 Å². The van der Waals surface area contributed by atoms with Gasteiger partial charge in [-0.1, -0.05) is 24.3 Å². The fourth-order valence-corrected chi connectivity index (χ4v) is 5.20. The number of carbonyl (C=O) groups is 2. The molecule has 5 aromatic rings. The van der Waals surface area contributed by atoms with E-state index in [9.17, 15) is 23.2 Å². The van der Waals surface area contributed by atoms with E-state index in [2.05, 4.69) is 20.6 Å². The van der Waals surface area contributed by atoms with Crippen LogP contribution in [0.1, 0.15) is 31.8 Å². The zero-order valence-electron chi connectivity index (χ0n) is 23.1. The first-order valence-corrected chi connectivity index (χ1v) is 13.9. The Morgan fingerprint density at radius 1 is 0.953 bits per heavy atom. The Labute approximate surface area is 245 Å². The second kappa shape index (κ2) is 12.0. The molecule has 11 heteroatoms. The minimum absolute atomic E-state index is 0.0127. The fraction of sp³-hybridized carbons (Fsp3) is 0.188. The smallest absolute Gasteiger partial charge is 0.263 e.